The summed E-state index contributed by atoms with van der Waals surface area (Å²) in [5, 5.41) is 0. The fourth-order valence-electron chi connectivity index (χ4n) is 2.13. The average Bonchev–Trinajstić information content (AvgIpc) is 2.58. The first kappa shape index (κ1) is 7.53. The van der Waals surface area contributed by atoms with Gasteiger partial charge in [0.25, 0.3) is 0 Å². The van der Waals surface area contributed by atoms with Crippen LogP contribution in [-0.2, 0) is 16.0 Å². The van der Waals surface area contributed by atoms with E-state index in [2.05, 4.69) is 9.55 Å². The van der Waals surface area contributed by atoms with Gasteiger partial charge in [0.1, 0.15) is 12.2 Å². The molecule has 0 unspecified atom stereocenters. The summed E-state index contributed by atoms with van der Waals surface area (Å²) in [5.74, 6) is -0.440. The van der Waals surface area contributed by atoms with Crippen molar-refractivity contribution in [1.29, 1.82) is 0 Å². The molecule has 3 rings (SSSR count). The van der Waals surface area contributed by atoms with Crippen molar-refractivity contribution in [1.82, 2.24) is 9.55 Å². The predicted molar refractivity (Wildman–Crippen MR) is 45.0 cm³/mol. The Hall–Kier alpha value is -0.870. The van der Waals surface area contributed by atoms with Crippen LogP contribution in [0.5, 0.6) is 0 Å². The maximum absolute atomic E-state index is 5.77. The Morgan fingerprint density at radius 2 is 2.38 bits per heavy atom. The second-order valence-electron chi connectivity index (χ2n) is 4.07. The third kappa shape index (κ3) is 0.957. The van der Waals surface area contributed by atoms with Crippen LogP contribution >= 0.6 is 0 Å². The highest BCUT2D eigenvalue weighted by Gasteiger charge is 2.47. The predicted octanol–water partition coefficient (Wildman–Crippen LogP) is 1.09. The van der Waals surface area contributed by atoms with Crippen molar-refractivity contribution in [2.24, 2.45) is 0 Å². The van der Waals surface area contributed by atoms with Crippen LogP contribution < -0.4 is 0 Å². The van der Waals surface area contributed by atoms with Crippen LogP contribution in [0.1, 0.15) is 25.6 Å². The van der Waals surface area contributed by atoms with Gasteiger partial charge in [-0.05, 0) is 13.8 Å². The first-order valence-electron chi connectivity index (χ1n) is 4.51. The highest BCUT2D eigenvalue weighted by molar-refractivity contribution is 5.13. The van der Waals surface area contributed by atoms with Crippen LogP contribution in [0.2, 0.25) is 0 Å². The van der Waals surface area contributed by atoms with Crippen LogP contribution in [0.4, 0.5) is 0 Å². The van der Waals surface area contributed by atoms with E-state index in [1.165, 1.54) is 0 Å². The summed E-state index contributed by atoms with van der Waals surface area (Å²) in [6.45, 7) is 4.77. The largest absolute Gasteiger partial charge is 0.342 e. The van der Waals surface area contributed by atoms with Crippen molar-refractivity contribution in [3.63, 3.8) is 0 Å². The van der Waals surface area contributed by atoms with Gasteiger partial charge in [-0.3, -0.25) is 0 Å². The fraction of sp³-hybridized carbons (Fsp3) is 0.667. The maximum atomic E-state index is 5.77. The van der Waals surface area contributed by atoms with E-state index in [1.807, 2.05) is 26.4 Å². The van der Waals surface area contributed by atoms with E-state index in [1.54, 1.807) is 0 Å². The zero-order valence-electron chi connectivity index (χ0n) is 7.73. The Morgan fingerprint density at radius 3 is 3.23 bits per heavy atom. The molecule has 1 aromatic rings. The number of hydrogen-bond donors (Lipinski definition) is 0. The Kier molecular flexibility index (Phi) is 1.24. The van der Waals surface area contributed by atoms with Gasteiger partial charge in [-0.1, -0.05) is 0 Å². The van der Waals surface area contributed by atoms with Gasteiger partial charge in [-0.2, -0.15) is 0 Å². The quantitative estimate of drug-likeness (QED) is 0.599. The van der Waals surface area contributed by atoms with E-state index in [4.69, 9.17) is 9.47 Å². The van der Waals surface area contributed by atoms with E-state index < -0.39 is 5.79 Å². The Labute approximate surface area is 76.5 Å². The number of ether oxygens (including phenoxy) is 2. The van der Waals surface area contributed by atoms with Crippen molar-refractivity contribution in [2.45, 2.75) is 38.4 Å². The van der Waals surface area contributed by atoms with Gasteiger partial charge in [0, 0.05) is 0 Å². The topological polar surface area (TPSA) is 36.3 Å². The fourth-order valence-corrected chi connectivity index (χ4v) is 2.13. The van der Waals surface area contributed by atoms with E-state index in [0.717, 1.165) is 12.2 Å². The van der Waals surface area contributed by atoms with E-state index >= 15 is 0 Å². The smallest absolute Gasteiger partial charge is 0.164 e. The van der Waals surface area contributed by atoms with Crippen LogP contribution in [0.25, 0.3) is 0 Å². The van der Waals surface area contributed by atoms with Gasteiger partial charge >= 0.3 is 0 Å². The molecular formula is C9H12N2O2. The molecule has 2 atom stereocenters. The van der Waals surface area contributed by atoms with Crippen molar-refractivity contribution >= 4 is 0 Å². The summed E-state index contributed by atoms with van der Waals surface area (Å²) in [5.41, 5.74) is 1.13. The number of hydrogen-bond acceptors (Lipinski definition) is 3. The number of nitrogens with zero attached hydrogens (tertiary/aromatic N) is 2. The van der Waals surface area contributed by atoms with Gasteiger partial charge in [0.05, 0.1) is 24.8 Å². The zero-order valence-corrected chi connectivity index (χ0v) is 7.73. The van der Waals surface area contributed by atoms with Crippen LogP contribution in [0, 0.1) is 0 Å². The molecule has 1 fully saturated rings. The lowest BCUT2D eigenvalue weighted by Gasteiger charge is -2.18. The summed E-state index contributed by atoms with van der Waals surface area (Å²) in [6, 6.07) is 0. The van der Waals surface area contributed by atoms with Gasteiger partial charge in [0.2, 0.25) is 0 Å². The molecule has 70 valence electrons. The van der Waals surface area contributed by atoms with Gasteiger partial charge in [0.15, 0.2) is 5.79 Å². The highest BCUT2D eigenvalue weighted by Crippen LogP contribution is 2.42. The molecule has 0 N–H and O–H groups in total. The summed E-state index contributed by atoms with van der Waals surface area (Å²) in [4.78, 5) is 4.08. The maximum Gasteiger partial charge on any atom is 0.164 e. The molecule has 2 aliphatic rings. The molecule has 0 saturated carbocycles. The van der Waals surface area contributed by atoms with E-state index in [9.17, 15) is 0 Å². The minimum absolute atomic E-state index is 0.0810. The van der Waals surface area contributed by atoms with Crippen molar-refractivity contribution in [3.8, 4) is 0 Å². The summed E-state index contributed by atoms with van der Waals surface area (Å²) in [7, 11) is 0. The van der Waals surface area contributed by atoms with Crippen molar-refractivity contribution < 1.29 is 9.47 Å². The molecule has 4 heteroatoms. The van der Waals surface area contributed by atoms with Gasteiger partial charge in [-0.15, -0.1) is 0 Å². The lowest BCUT2D eigenvalue weighted by atomic mass is 10.2. The van der Waals surface area contributed by atoms with Crippen molar-refractivity contribution in [2.75, 3.05) is 0 Å². The summed E-state index contributed by atoms with van der Waals surface area (Å²) in [6.07, 6.45) is 3.94. The molecule has 0 aliphatic carbocycles. The molecule has 1 saturated heterocycles. The number of fused-ring (bicyclic) bond motifs is 3. The van der Waals surface area contributed by atoms with Crippen LogP contribution in [0.15, 0.2) is 12.5 Å². The third-order valence-electron chi connectivity index (χ3n) is 2.60. The Bertz CT molecular complexity index is 345. The molecule has 2 aliphatic heterocycles. The molecule has 0 radical (unpaired) electrons. The summed E-state index contributed by atoms with van der Waals surface area (Å²) >= 11 is 0. The highest BCUT2D eigenvalue weighted by atomic mass is 16.8. The van der Waals surface area contributed by atoms with E-state index in [-0.39, 0.29) is 12.2 Å². The SMILES string of the molecule is CC1(C)O[C@@H]2c3cncn3C[C@H]2O1. The van der Waals surface area contributed by atoms with Gasteiger partial charge < -0.3 is 14.0 Å². The summed E-state index contributed by atoms with van der Waals surface area (Å²) < 4.78 is 13.6. The molecule has 0 aromatic carbocycles. The average molecular weight is 180 g/mol. The lowest BCUT2D eigenvalue weighted by Crippen LogP contribution is -2.23. The van der Waals surface area contributed by atoms with E-state index in [0.29, 0.717) is 0 Å². The molecule has 1 aromatic heterocycles. The Morgan fingerprint density at radius 1 is 1.54 bits per heavy atom. The molecule has 0 amide bonds. The second-order valence-corrected chi connectivity index (χ2v) is 4.07. The number of imidazole rings is 1. The normalized spacial score (nSPS) is 34.6. The molecule has 3 heterocycles. The molecular weight excluding hydrogens is 168 g/mol. The van der Waals surface area contributed by atoms with Crippen LogP contribution in [-0.4, -0.2) is 21.4 Å². The van der Waals surface area contributed by atoms with Crippen molar-refractivity contribution in [3.05, 3.63) is 18.2 Å². The molecule has 0 spiro atoms. The monoisotopic (exact) mass is 180 g/mol. The minimum Gasteiger partial charge on any atom is -0.342 e. The number of aromatic nitrogens is 2. The first-order valence-corrected chi connectivity index (χ1v) is 4.51. The molecule has 13 heavy (non-hydrogen) atoms. The molecule has 4 nitrogen and oxygen atoms in total. The second kappa shape index (κ2) is 2.13. The van der Waals surface area contributed by atoms with Gasteiger partial charge in [-0.25, -0.2) is 4.98 Å². The molecule has 0 bridgehead atoms. The number of rotatable bonds is 0. The first-order chi connectivity index (χ1) is 6.16. The third-order valence-corrected chi connectivity index (χ3v) is 2.60. The standard InChI is InChI=1S/C9H12N2O2/c1-9(2)12-7-4-11-5-10-3-6(11)8(7)13-9/h3,5,7-8H,4H2,1-2H3/t7-,8-/m1/s1. The zero-order chi connectivity index (χ0) is 9.05. The minimum atomic E-state index is -0.440. The lowest BCUT2D eigenvalue weighted by molar-refractivity contribution is -0.151. The Balaban J connectivity index is 1.98. The van der Waals surface area contributed by atoms with Crippen LogP contribution in [0.3, 0.4) is 0 Å².